The molecule has 1 amide bonds. The van der Waals surface area contributed by atoms with Crippen LogP contribution < -0.4 is 0 Å². The van der Waals surface area contributed by atoms with Crippen molar-refractivity contribution in [1.29, 1.82) is 0 Å². The number of carbonyl (C=O) groups is 2. The topological polar surface area (TPSA) is 57.6 Å². The third-order valence-electron chi connectivity index (χ3n) is 4.33. The van der Waals surface area contributed by atoms with Gasteiger partial charge in [-0.1, -0.05) is 18.2 Å². The molecule has 1 atom stereocenters. The average molecular weight is 275 g/mol. The molecule has 4 heteroatoms. The highest BCUT2D eigenvalue weighted by atomic mass is 16.4. The summed E-state index contributed by atoms with van der Waals surface area (Å²) in [6, 6.07) is 5.94. The second-order valence-corrected chi connectivity index (χ2v) is 5.82. The standard InChI is InChI=1S/C16H21NO3/c1-11-5-6-13(9-12(11)2)10-14(18)17-8-4-7-16(17,3)15(19)20/h5-6,9H,4,7-8,10H2,1-3H3,(H,19,20). The first-order valence-corrected chi connectivity index (χ1v) is 6.94. The number of rotatable bonds is 3. The highest BCUT2D eigenvalue weighted by molar-refractivity contribution is 5.88. The number of aliphatic carboxylic acids is 1. The van der Waals surface area contributed by atoms with Crippen molar-refractivity contribution in [1.82, 2.24) is 4.90 Å². The van der Waals surface area contributed by atoms with Gasteiger partial charge in [-0.2, -0.15) is 0 Å². The molecular weight excluding hydrogens is 254 g/mol. The number of carbonyl (C=O) groups excluding carboxylic acids is 1. The molecule has 1 fully saturated rings. The lowest BCUT2D eigenvalue weighted by molar-refractivity contribution is -0.155. The van der Waals surface area contributed by atoms with Crippen LogP contribution in [0.5, 0.6) is 0 Å². The molecule has 0 saturated carbocycles. The van der Waals surface area contributed by atoms with Crippen LogP contribution in [0.25, 0.3) is 0 Å². The number of hydrogen-bond acceptors (Lipinski definition) is 2. The number of hydrogen-bond donors (Lipinski definition) is 1. The SMILES string of the molecule is Cc1ccc(CC(=O)N2CCCC2(C)C(=O)O)cc1C. The zero-order valence-corrected chi connectivity index (χ0v) is 12.3. The van der Waals surface area contributed by atoms with Gasteiger partial charge in [-0.05, 0) is 50.3 Å². The van der Waals surface area contributed by atoms with Gasteiger partial charge >= 0.3 is 5.97 Å². The number of carboxylic acid groups (broad SMARTS) is 1. The van der Waals surface area contributed by atoms with Crippen LogP contribution in [-0.2, 0) is 16.0 Å². The van der Waals surface area contributed by atoms with Crippen molar-refractivity contribution >= 4 is 11.9 Å². The number of carboxylic acids is 1. The summed E-state index contributed by atoms with van der Waals surface area (Å²) in [5, 5.41) is 9.34. The van der Waals surface area contributed by atoms with Gasteiger partial charge in [0.15, 0.2) is 0 Å². The molecule has 108 valence electrons. The van der Waals surface area contributed by atoms with Gasteiger partial charge in [-0.15, -0.1) is 0 Å². The lowest BCUT2D eigenvalue weighted by atomic mass is 9.98. The van der Waals surface area contributed by atoms with E-state index in [4.69, 9.17) is 0 Å². The van der Waals surface area contributed by atoms with Gasteiger partial charge in [0, 0.05) is 6.54 Å². The smallest absolute Gasteiger partial charge is 0.329 e. The summed E-state index contributed by atoms with van der Waals surface area (Å²) in [5.74, 6) is -1.01. The number of likely N-dealkylation sites (tertiary alicyclic amines) is 1. The Bertz CT molecular complexity index is 553. The highest BCUT2D eigenvalue weighted by Crippen LogP contribution is 2.30. The van der Waals surface area contributed by atoms with Gasteiger partial charge < -0.3 is 10.0 Å². The van der Waals surface area contributed by atoms with Crippen LogP contribution in [0.2, 0.25) is 0 Å². The molecule has 0 spiro atoms. The van der Waals surface area contributed by atoms with Crippen LogP contribution in [0.4, 0.5) is 0 Å². The van der Waals surface area contributed by atoms with E-state index in [0.717, 1.165) is 17.5 Å². The van der Waals surface area contributed by atoms with Crippen LogP contribution in [-0.4, -0.2) is 34.0 Å². The summed E-state index contributed by atoms with van der Waals surface area (Å²) in [5.41, 5.74) is 2.24. The molecule has 2 rings (SSSR count). The first kappa shape index (κ1) is 14.6. The predicted molar refractivity (Wildman–Crippen MR) is 76.6 cm³/mol. The van der Waals surface area contributed by atoms with Gasteiger partial charge in [-0.3, -0.25) is 4.79 Å². The molecule has 1 N–H and O–H groups in total. The Morgan fingerprint density at radius 2 is 2.00 bits per heavy atom. The number of aryl methyl sites for hydroxylation is 2. The van der Waals surface area contributed by atoms with E-state index in [-0.39, 0.29) is 12.3 Å². The van der Waals surface area contributed by atoms with Crippen molar-refractivity contribution < 1.29 is 14.7 Å². The van der Waals surface area contributed by atoms with Gasteiger partial charge in [0.25, 0.3) is 0 Å². The summed E-state index contributed by atoms with van der Waals surface area (Å²) < 4.78 is 0. The van der Waals surface area contributed by atoms with Crippen molar-refractivity contribution in [3.63, 3.8) is 0 Å². The Hall–Kier alpha value is -1.84. The van der Waals surface area contributed by atoms with Crippen molar-refractivity contribution in [3.8, 4) is 0 Å². The average Bonchev–Trinajstić information content (AvgIpc) is 2.77. The maximum absolute atomic E-state index is 12.4. The molecule has 0 bridgehead atoms. The number of nitrogens with zero attached hydrogens (tertiary/aromatic N) is 1. The highest BCUT2D eigenvalue weighted by Gasteiger charge is 2.45. The van der Waals surface area contributed by atoms with Crippen LogP contribution in [0.1, 0.15) is 36.5 Å². The van der Waals surface area contributed by atoms with E-state index >= 15 is 0 Å². The fourth-order valence-corrected chi connectivity index (χ4v) is 2.77. The molecule has 1 aromatic rings. The third-order valence-corrected chi connectivity index (χ3v) is 4.33. The Morgan fingerprint density at radius 1 is 1.30 bits per heavy atom. The van der Waals surface area contributed by atoms with E-state index in [2.05, 4.69) is 0 Å². The zero-order valence-electron chi connectivity index (χ0n) is 12.3. The predicted octanol–water partition coefficient (Wildman–Crippen LogP) is 2.31. The fraction of sp³-hybridized carbons (Fsp3) is 0.500. The number of benzene rings is 1. The minimum Gasteiger partial charge on any atom is -0.480 e. The van der Waals surface area contributed by atoms with Crippen LogP contribution in [0.3, 0.4) is 0 Å². The molecule has 0 aromatic heterocycles. The Morgan fingerprint density at radius 3 is 2.60 bits per heavy atom. The second kappa shape index (κ2) is 5.27. The lowest BCUT2D eigenvalue weighted by Crippen LogP contribution is -2.51. The van der Waals surface area contributed by atoms with E-state index in [0.29, 0.717) is 13.0 Å². The zero-order chi connectivity index (χ0) is 14.9. The van der Waals surface area contributed by atoms with Crippen molar-refractivity contribution in [2.75, 3.05) is 6.54 Å². The quantitative estimate of drug-likeness (QED) is 0.921. The number of amides is 1. The van der Waals surface area contributed by atoms with E-state index in [1.54, 1.807) is 6.92 Å². The summed E-state index contributed by atoms with van der Waals surface area (Å²) in [7, 11) is 0. The van der Waals surface area contributed by atoms with Gasteiger partial charge in [0.2, 0.25) is 5.91 Å². The molecule has 1 aromatic carbocycles. The van der Waals surface area contributed by atoms with Crippen molar-refractivity contribution in [2.45, 2.75) is 45.6 Å². The largest absolute Gasteiger partial charge is 0.480 e. The lowest BCUT2D eigenvalue weighted by Gasteiger charge is -2.31. The third kappa shape index (κ3) is 2.55. The normalized spacial score (nSPS) is 22.1. The molecule has 20 heavy (non-hydrogen) atoms. The molecule has 1 heterocycles. The van der Waals surface area contributed by atoms with Crippen LogP contribution in [0.15, 0.2) is 18.2 Å². The van der Waals surface area contributed by atoms with E-state index in [1.807, 2.05) is 32.0 Å². The van der Waals surface area contributed by atoms with Gasteiger partial charge in [0.05, 0.1) is 6.42 Å². The monoisotopic (exact) mass is 275 g/mol. The van der Waals surface area contributed by atoms with E-state index in [1.165, 1.54) is 10.5 Å². The Labute approximate surface area is 119 Å². The Balaban J connectivity index is 2.15. The first-order valence-electron chi connectivity index (χ1n) is 6.94. The molecule has 4 nitrogen and oxygen atoms in total. The van der Waals surface area contributed by atoms with Gasteiger partial charge in [0.1, 0.15) is 5.54 Å². The summed E-state index contributed by atoms with van der Waals surface area (Å²) in [6.45, 7) is 6.22. The summed E-state index contributed by atoms with van der Waals surface area (Å²) in [4.78, 5) is 25.3. The summed E-state index contributed by atoms with van der Waals surface area (Å²) >= 11 is 0. The minimum atomic E-state index is -1.04. The van der Waals surface area contributed by atoms with Crippen molar-refractivity contribution in [3.05, 3.63) is 34.9 Å². The Kier molecular flexibility index (Phi) is 3.84. The van der Waals surface area contributed by atoms with Crippen molar-refractivity contribution in [2.24, 2.45) is 0 Å². The maximum Gasteiger partial charge on any atom is 0.329 e. The van der Waals surface area contributed by atoms with E-state index < -0.39 is 11.5 Å². The molecule has 1 aliphatic heterocycles. The minimum absolute atomic E-state index is 0.101. The second-order valence-electron chi connectivity index (χ2n) is 5.82. The van der Waals surface area contributed by atoms with Crippen LogP contribution in [0, 0.1) is 13.8 Å². The first-order chi connectivity index (χ1) is 9.34. The fourth-order valence-electron chi connectivity index (χ4n) is 2.77. The van der Waals surface area contributed by atoms with Gasteiger partial charge in [-0.25, -0.2) is 4.79 Å². The molecule has 1 unspecified atom stereocenters. The molecule has 0 radical (unpaired) electrons. The van der Waals surface area contributed by atoms with E-state index in [9.17, 15) is 14.7 Å². The molecule has 0 aliphatic carbocycles. The molecule has 1 aliphatic rings. The maximum atomic E-state index is 12.4. The molecule has 1 saturated heterocycles. The molecular formula is C16H21NO3. The van der Waals surface area contributed by atoms with Crippen LogP contribution >= 0.6 is 0 Å². The summed E-state index contributed by atoms with van der Waals surface area (Å²) in [6.07, 6.45) is 1.55.